The number of halogens is 2. The van der Waals surface area contributed by atoms with Crippen LogP contribution < -0.4 is 31.9 Å². The van der Waals surface area contributed by atoms with Crippen molar-refractivity contribution in [3.8, 4) is 0 Å². The number of carbonyl (C=O) groups is 6. The Morgan fingerprint density at radius 1 is 0.618 bits per heavy atom. The van der Waals surface area contributed by atoms with Crippen molar-refractivity contribution in [1.82, 2.24) is 20.4 Å². The monoisotopic (exact) mass is 1100 g/mol. The molecule has 2 aliphatic heterocycles. The number of piperazine rings is 2. The predicted molar refractivity (Wildman–Crippen MR) is 302 cm³/mol. The first-order valence-electron chi connectivity index (χ1n) is 26.0. The van der Waals surface area contributed by atoms with Gasteiger partial charge in [0.1, 0.15) is 0 Å². The Balaban J connectivity index is 0.000000454. The number of anilines is 2. The molecule has 4 amide bonds. The zero-order chi connectivity index (χ0) is 58.3. The van der Waals surface area contributed by atoms with Crippen molar-refractivity contribution in [3.63, 3.8) is 0 Å². The Bertz CT molecular complexity index is 2130. The van der Waals surface area contributed by atoms with Gasteiger partial charge >= 0.3 is 11.9 Å². The number of rotatable bonds is 20. The van der Waals surface area contributed by atoms with E-state index < -0.39 is 36.2 Å². The first-order chi connectivity index (χ1) is 34.9. The largest absolute Gasteiger partial charge is 0.478 e. The Hall–Kier alpha value is -4.66. The minimum Gasteiger partial charge on any atom is -0.478 e. The smallest absolute Gasteiger partial charge is 0.328 e. The number of benzene rings is 2. The topological polar surface area (TPSA) is 272 Å². The number of carboxylic acids is 2. The van der Waals surface area contributed by atoms with E-state index in [1.165, 1.54) is 0 Å². The molecular formula is C56H90Cl2N8O10. The van der Waals surface area contributed by atoms with Gasteiger partial charge in [-0.3, -0.25) is 29.0 Å². The van der Waals surface area contributed by atoms with Gasteiger partial charge in [0.15, 0.2) is 0 Å². The summed E-state index contributed by atoms with van der Waals surface area (Å²) < 4.78 is 0. The van der Waals surface area contributed by atoms with Crippen LogP contribution in [0.5, 0.6) is 0 Å². The van der Waals surface area contributed by atoms with Crippen LogP contribution in [0, 0.1) is 34.5 Å². The van der Waals surface area contributed by atoms with Gasteiger partial charge in [-0.2, -0.15) is 0 Å². The number of aliphatic carboxylic acids is 2. The third kappa shape index (κ3) is 22.4. The van der Waals surface area contributed by atoms with Crippen LogP contribution in [0.25, 0.3) is 0 Å². The van der Waals surface area contributed by atoms with E-state index in [-0.39, 0.29) is 95.1 Å². The number of carboxylic acid groups (broad SMARTS) is 2. The molecule has 2 aromatic rings. The lowest BCUT2D eigenvalue weighted by Gasteiger charge is -2.48. The van der Waals surface area contributed by atoms with E-state index in [9.17, 15) is 39.0 Å². The van der Waals surface area contributed by atoms with E-state index in [1.54, 1.807) is 21.9 Å². The minimum absolute atomic E-state index is 0.0174. The molecule has 2 aliphatic rings. The lowest BCUT2D eigenvalue weighted by Crippen LogP contribution is -2.64. The molecule has 428 valence electrons. The van der Waals surface area contributed by atoms with Crippen molar-refractivity contribution >= 4 is 70.1 Å². The van der Waals surface area contributed by atoms with Gasteiger partial charge < -0.3 is 52.3 Å². The van der Waals surface area contributed by atoms with E-state index in [1.807, 2.05) is 73.9 Å². The summed E-state index contributed by atoms with van der Waals surface area (Å²) in [6.07, 6.45) is -0.0449. The fourth-order valence-electron chi connectivity index (χ4n) is 8.57. The van der Waals surface area contributed by atoms with E-state index in [0.29, 0.717) is 72.8 Å². The van der Waals surface area contributed by atoms with Crippen LogP contribution in [0.3, 0.4) is 0 Å². The van der Waals surface area contributed by atoms with E-state index in [4.69, 9.17) is 44.9 Å². The van der Waals surface area contributed by atoms with Gasteiger partial charge in [-0.25, -0.2) is 9.59 Å². The normalized spacial score (nSPS) is 18.7. The average molecular weight is 1110 g/mol. The second kappa shape index (κ2) is 29.4. The fourth-order valence-corrected chi connectivity index (χ4v) is 9.05. The molecule has 6 atom stereocenters. The molecule has 4 rings (SSSR count). The number of carbonyl (C=O) groups excluding carboxylic acids is 4. The van der Waals surface area contributed by atoms with Crippen LogP contribution in [-0.4, -0.2) is 154 Å². The van der Waals surface area contributed by atoms with Gasteiger partial charge in [0, 0.05) is 86.4 Å². The minimum atomic E-state index is -1.26. The number of nitrogens with zero attached hydrogens (tertiary/aromatic N) is 4. The Morgan fingerprint density at radius 2 is 0.921 bits per heavy atom. The highest BCUT2D eigenvalue weighted by atomic mass is 35.5. The van der Waals surface area contributed by atoms with Crippen molar-refractivity contribution in [3.05, 3.63) is 70.7 Å². The highest BCUT2D eigenvalue weighted by Crippen LogP contribution is 2.34. The second-order valence-electron chi connectivity index (χ2n) is 24.5. The highest BCUT2D eigenvalue weighted by molar-refractivity contribution is 6.34. The van der Waals surface area contributed by atoms with Crippen LogP contribution in [0.1, 0.15) is 110 Å². The lowest BCUT2D eigenvalue weighted by molar-refractivity contribution is -0.134. The molecule has 2 fully saturated rings. The summed E-state index contributed by atoms with van der Waals surface area (Å²) in [5.41, 5.74) is 13.4. The Kier molecular flexibility index (Phi) is 26.1. The van der Waals surface area contributed by atoms with Gasteiger partial charge in [0.25, 0.3) is 0 Å². The molecule has 2 heterocycles. The van der Waals surface area contributed by atoms with Crippen LogP contribution in [0.15, 0.2) is 60.7 Å². The van der Waals surface area contributed by atoms with Gasteiger partial charge in [-0.05, 0) is 87.5 Å². The maximum Gasteiger partial charge on any atom is 0.328 e. The summed E-state index contributed by atoms with van der Waals surface area (Å²) >= 11 is 12.7. The van der Waals surface area contributed by atoms with Crippen molar-refractivity contribution in [1.29, 1.82) is 0 Å². The number of aliphatic hydroxyl groups is 2. The van der Waals surface area contributed by atoms with Crippen molar-refractivity contribution in [2.45, 2.75) is 145 Å². The summed E-state index contributed by atoms with van der Waals surface area (Å²) in [4.78, 5) is 78.1. The lowest BCUT2D eigenvalue weighted by atomic mass is 9.86. The first kappa shape index (κ1) is 67.4. The standard InChI is InChI=1S/2C26H43ClN4O3.C4H4O4/c2*1-17(2)18(24(34)29-15-25(3,4)5)12-22(32)20(28)13-30-14-23(33)31(16-26(30,6)7)21-11-9-8-10-19(21)27;5-3(6)1-2-4(7)8/h2*8-11,17-18,20,22,32H,12-16,28H2,1-7H3,(H,29,34);1-2H,(H,5,6)(H,7,8)/b;;2-1+/t2*18-,20-,22-;/m00./s1. The summed E-state index contributed by atoms with van der Waals surface area (Å²) in [6, 6.07) is 13.5. The number of hydrogen-bond donors (Lipinski definition) is 8. The third-order valence-corrected chi connectivity index (χ3v) is 14.1. The van der Waals surface area contributed by atoms with Crippen LogP contribution in [-0.2, 0) is 28.8 Å². The van der Waals surface area contributed by atoms with Gasteiger partial charge in [-0.1, -0.05) is 117 Å². The zero-order valence-corrected chi connectivity index (χ0v) is 48.9. The van der Waals surface area contributed by atoms with Gasteiger partial charge in [0.05, 0.1) is 46.7 Å². The van der Waals surface area contributed by atoms with E-state index in [0.717, 1.165) is 0 Å². The number of nitrogens with two attached hydrogens (primary N) is 2. The summed E-state index contributed by atoms with van der Waals surface area (Å²) in [6.45, 7) is 31.7. The van der Waals surface area contributed by atoms with Gasteiger partial charge in [-0.15, -0.1) is 0 Å². The van der Waals surface area contributed by atoms with Crippen LogP contribution >= 0.6 is 23.2 Å². The summed E-state index contributed by atoms with van der Waals surface area (Å²) in [5, 5.41) is 44.5. The number of aliphatic hydroxyl groups excluding tert-OH is 2. The van der Waals surface area contributed by atoms with E-state index in [2.05, 4.69) is 79.9 Å². The number of amides is 4. The van der Waals surface area contributed by atoms with Crippen molar-refractivity contribution < 1.29 is 49.2 Å². The number of nitrogens with one attached hydrogen (secondary N) is 2. The maximum atomic E-state index is 13.0. The molecule has 0 saturated carbocycles. The molecule has 20 heteroatoms. The SMILES string of the molecule is CC(C)[C@H](C[C@H](O)[C@@H](N)CN1CC(=O)N(c2ccccc2Cl)CC1(C)C)C(=O)NCC(C)(C)C.CC(C)[C@H](C[C@H](O)[C@@H](N)CN1CC(=O)N(c2ccccc2Cl)CC1(C)C)C(=O)NCC(C)(C)C.O=C(O)/C=C/C(=O)O. The van der Waals surface area contributed by atoms with Crippen LogP contribution in [0.2, 0.25) is 10.0 Å². The fraction of sp³-hybridized carbons (Fsp3) is 0.643. The molecule has 0 aliphatic carbocycles. The van der Waals surface area contributed by atoms with Gasteiger partial charge in [0.2, 0.25) is 23.6 Å². The summed E-state index contributed by atoms with van der Waals surface area (Å²) in [5.74, 6) is -3.28. The van der Waals surface area contributed by atoms with Crippen molar-refractivity contribution in [2.75, 3.05) is 62.2 Å². The molecule has 0 aromatic heterocycles. The molecule has 0 spiro atoms. The predicted octanol–water partition coefficient (Wildman–Crippen LogP) is 6.27. The molecule has 0 unspecified atom stereocenters. The number of hydrogen-bond acceptors (Lipinski definition) is 12. The number of para-hydroxylation sites is 2. The molecular weight excluding hydrogens is 1020 g/mol. The Morgan fingerprint density at radius 3 is 1.18 bits per heavy atom. The third-order valence-electron chi connectivity index (χ3n) is 13.4. The molecule has 18 nitrogen and oxygen atoms in total. The first-order valence-corrected chi connectivity index (χ1v) is 26.8. The Labute approximate surface area is 461 Å². The van der Waals surface area contributed by atoms with Crippen LogP contribution in [0.4, 0.5) is 11.4 Å². The molecule has 76 heavy (non-hydrogen) atoms. The zero-order valence-electron chi connectivity index (χ0n) is 47.4. The molecule has 0 bridgehead atoms. The molecule has 2 aromatic carbocycles. The maximum absolute atomic E-state index is 13.0. The average Bonchev–Trinajstić information content (AvgIpc) is 3.30. The quantitative estimate of drug-likeness (QED) is 0.0679. The van der Waals surface area contributed by atoms with E-state index >= 15 is 0 Å². The second-order valence-corrected chi connectivity index (χ2v) is 25.3. The molecule has 10 N–H and O–H groups in total. The van der Waals surface area contributed by atoms with Crippen molar-refractivity contribution in [2.24, 2.45) is 46.0 Å². The molecule has 0 radical (unpaired) electrons. The highest BCUT2D eigenvalue weighted by Gasteiger charge is 2.42. The summed E-state index contributed by atoms with van der Waals surface area (Å²) in [7, 11) is 0. The molecule has 2 saturated heterocycles.